The summed E-state index contributed by atoms with van der Waals surface area (Å²) >= 11 is 10.2. The molecule has 27 heavy (non-hydrogen) atoms. The molecule has 1 rings (SSSR count). The van der Waals surface area contributed by atoms with Crippen molar-refractivity contribution < 1.29 is 31.6 Å². The third-order valence-electron chi connectivity index (χ3n) is 4.07. The molecular formula is C18H44Cl3N4O2+. The number of alkyl halides is 2. The SMILES string of the molecule is CN(C)CCN(C)C.C[N+]1(C)CC[N+](C)(C)CC(O)C1.OC(CCl)CCl.[Cl-]. The molecule has 0 spiro atoms. The Kier molecular flexibility index (Phi) is 19.7. The summed E-state index contributed by atoms with van der Waals surface area (Å²) in [6, 6.07) is 0. The number of quaternary nitrogens is 2. The predicted molar refractivity (Wildman–Crippen MR) is 114 cm³/mol. The van der Waals surface area contributed by atoms with Gasteiger partial charge in [0.2, 0.25) is 0 Å². The van der Waals surface area contributed by atoms with E-state index in [9.17, 15) is 5.11 Å². The van der Waals surface area contributed by atoms with Crippen LogP contribution in [0.1, 0.15) is 0 Å². The summed E-state index contributed by atoms with van der Waals surface area (Å²) in [6.45, 7) is 6.39. The Hall–Kier alpha value is 0.630. The lowest BCUT2D eigenvalue weighted by Gasteiger charge is -2.29. The summed E-state index contributed by atoms with van der Waals surface area (Å²) in [6.07, 6.45) is -0.675. The van der Waals surface area contributed by atoms with Gasteiger partial charge in [0, 0.05) is 24.8 Å². The van der Waals surface area contributed by atoms with Crippen molar-refractivity contribution in [1.29, 1.82) is 0 Å². The third-order valence-corrected chi connectivity index (χ3v) is 4.78. The minimum absolute atomic E-state index is 0. The molecule has 0 aromatic carbocycles. The summed E-state index contributed by atoms with van der Waals surface area (Å²) < 4.78 is 1.89. The lowest BCUT2D eigenvalue weighted by molar-refractivity contribution is -0.927. The van der Waals surface area contributed by atoms with E-state index in [2.05, 4.69) is 66.2 Å². The molecule has 6 nitrogen and oxygen atoms in total. The Morgan fingerprint density at radius 1 is 0.852 bits per heavy atom. The fourth-order valence-electron chi connectivity index (χ4n) is 2.36. The minimum Gasteiger partial charge on any atom is -1.00 e. The number of likely N-dealkylation sites (N-methyl/N-ethyl adjacent to an activating group) is 4. The molecular weight excluding hydrogens is 411 g/mol. The Morgan fingerprint density at radius 3 is 1.33 bits per heavy atom. The first-order valence-electron chi connectivity index (χ1n) is 9.16. The minimum atomic E-state index is -0.534. The normalized spacial score (nSPS) is 18.8. The lowest BCUT2D eigenvalue weighted by Crippen LogP contribution is -3.00. The highest BCUT2D eigenvalue weighted by Gasteiger charge is 2.33. The Bertz CT molecular complexity index is 317. The largest absolute Gasteiger partial charge is 1.00 e. The molecule has 0 amide bonds. The predicted octanol–water partition coefficient (Wildman–Crippen LogP) is -2.55. The van der Waals surface area contributed by atoms with E-state index in [4.69, 9.17) is 28.3 Å². The van der Waals surface area contributed by atoms with Crippen LogP contribution in [0.2, 0.25) is 0 Å². The van der Waals surface area contributed by atoms with Gasteiger partial charge in [-0.1, -0.05) is 0 Å². The highest BCUT2D eigenvalue weighted by Crippen LogP contribution is 2.11. The molecule has 1 saturated heterocycles. The number of hydrogen-bond acceptors (Lipinski definition) is 4. The van der Waals surface area contributed by atoms with Gasteiger partial charge < -0.3 is 41.4 Å². The fourth-order valence-corrected chi connectivity index (χ4v) is 2.69. The number of rotatable bonds is 5. The quantitative estimate of drug-likeness (QED) is 0.355. The molecule has 1 heterocycles. The highest BCUT2D eigenvalue weighted by atomic mass is 35.5. The van der Waals surface area contributed by atoms with Crippen LogP contribution in [0.5, 0.6) is 0 Å². The van der Waals surface area contributed by atoms with E-state index in [1.807, 2.05) is 0 Å². The van der Waals surface area contributed by atoms with Crippen LogP contribution >= 0.6 is 23.2 Å². The summed E-state index contributed by atoms with van der Waals surface area (Å²) in [5.74, 6) is 0.451. The van der Waals surface area contributed by atoms with Gasteiger partial charge >= 0.3 is 0 Å². The molecule has 1 fully saturated rings. The molecule has 9 heteroatoms. The van der Waals surface area contributed by atoms with Crippen LogP contribution in [0, 0.1) is 0 Å². The third kappa shape index (κ3) is 22.8. The molecule has 168 valence electrons. The standard InChI is InChI=1S/C9H22N2O.C6H16N2.C3H6Cl2O.ClH/c1-10(2)5-6-11(3,4)8-9(12)7-10;1-7(2)5-6-8(3)4;4-1-3(6)2-5;/h9,12H,5-8H2,1-4H3;5-6H2,1-4H3;3,6H,1-2H2;1H/q+2;;;/p-1. The van der Waals surface area contributed by atoms with Crippen molar-refractivity contribution >= 4 is 23.2 Å². The van der Waals surface area contributed by atoms with E-state index < -0.39 is 6.10 Å². The molecule has 0 bridgehead atoms. The molecule has 1 aliphatic heterocycles. The molecule has 0 unspecified atom stereocenters. The van der Waals surface area contributed by atoms with Crippen LogP contribution in [-0.4, -0.2) is 149 Å². The maximum absolute atomic E-state index is 9.73. The first-order valence-corrected chi connectivity index (χ1v) is 10.2. The van der Waals surface area contributed by atoms with Crippen LogP contribution < -0.4 is 12.4 Å². The van der Waals surface area contributed by atoms with Gasteiger partial charge in [-0.2, -0.15) is 0 Å². The van der Waals surface area contributed by atoms with Gasteiger partial charge in [0.25, 0.3) is 0 Å². The van der Waals surface area contributed by atoms with Crippen molar-refractivity contribution in [2.45, 2.75) is 12.2 Å². The zero-order valence-corrected chi connectivity index (χ0v) is 20.9. The first-order chi connectivity index (χ1) is 11.7. The van der Waals surface area contributed by atoms with E-state index >= 15 is 0 Å². The second kappa shape index (κ2) is 16.4. The maximum atomic E-state index is 9.73. The average molecular weight is 455 g/mol. The second-order valence-electron chi connectivity index (χ2n) is 8.91. The fraction of sp³-hybridized carbons (Fsp3) is 1.00. The Labute approximate surface area is 184 Å². The topological polar surface area (TPSA) is 46.9 Å². The number of halogens is 3. The van der Waals surface area contributed by atoms with Crippen LogP contribution in [-0.2, 0) is 0 Å². The van der Waals surface area contributed by atoms with Gasteiger partial charge in [-0.05, 0) is 28.2 Å². The molecule has 0 aromatic rings. The van der Waals surface area contributed by atoms with Crippen molar-refractivity contribution in [1.82, 2.24) is 9.80 Å². The van der Waals surface area contributed by atoms with E-state index in [0.717, 1.165) is 48.2 Å². The van der Waals surface area contributed by atoms with Crippen molar-refractivity contribution in [3.05, 3.63) is 0 Å². The average Bonchev–Trinajstić information content (AvgIpc) is 2.59. The van der Waals surface area contributed by atoms with Crippen molar-refractivity contribution in [3.8, 4) is 0 Å². The molecule has 0 saturated carbocycles. The molecule has 1 aliphatic rings. The van der Waals surface area contributed by atoms with Crippen molar-refractivity contribution in [2.75, 3.05) is 107 Å². The molecule has 2 N–H and O–H groups in total. The Morgan fingerprint density at radius 2 is 1.15 bits per heavy atom. The Balaban J connectivity index is -0.000000338. The molecule has 0 radical (unpaired) electrons. The number of nitrogens with zero attached hydrogens (tertiary/aromatic N) is 4. The van der Waals surface area contributed by atoms with Gasteiger partial charge in [-0.25, -0.2) is 0 Å². The monoisotopic (exact) mass is 453 g/mol. The summed E-state index contributed by atoms with van der Waals surface area (Å²) in [4.78, 5) is 4.36. The second-order valence-corrected chi connectivity index (χ2v) is 9.52. The molecule has 0 aromatic heterocycles. The smallest absolute Gasteiger partial charge is 0.152 e. The van der Waals surface area contributed by atoms with Crippen LogP contribution in [0.25, 0.3) is 0 Å². The van der Waals surface area contributed by atoms with Crippen LogP contribution in [0.3, 0.4) is 0 Å². The van der Waals surface area contributed by atoms with Crippen LogP contribution in [0.4, 0.5) is 0 Å². The summed E-state index contributed by atoms with van der Waals surface area (Å²) in [7, 11) is 17.1. The zero-order valence-electron chi connectivity index (χ0n) is 18.6. The highest BCUT2D eigenvalue weighted by molar-refractivity contribution is 6.21. The van der Waals surface area contributed by atoms with Gasteiger partial charge in [0.15, 0.2) is 6.10 Å². The maximum Gasteiger partial charge on any atom is 0.152 e. The van der Waals surface area contributed by atoms with Gasteiger partial charge in [-0.3, -0.25) is 0 Å². The lowest BCUT2D eigenvalue weighted by atomic mass is 10.3. The van der Waals surface area contributed by atoms with Gasteiger partial charge in [0.1, 0.15) is 26.2 Å². The van der Waals surface area contributed by atoms with Crippen molar-refractivity contribution in [2.24, 2.45) is 0 Å². The van der Waals surface area contributed by atoms with E-state index in [0.29, 0.717) is 0 Å². The summed E-state index contributed by atoms with van der Waals surface area (Å²) in [5, 5.41) is 18.1. The zero-order chi connectivity index (χ0) is 21.0. The van der Waals surface area contributed by atoms with Gasteiger partial charge in [0.05, 0.1) is 34.3 Å². The number of aliphatic hydroxyl groups excluding tert-OH is 2. The molecule has 0 aliphatic carbocycles. The summed E-state index contributed by atoms with van der Waals surface area (Å²) in [5.41, 5.74) is 0. The number of hydrogen-bond donors (Lipinski definition) is 2. The molecule has 0 atom stereocenters. The first kappa shape index (κ1) is 32.3. The van der Waals surface area contributed by atoms with Crippen molar-refractivity contribution in [3.63, 3.8) is 0 Å². The van der Waals surface area contributed by atoms with Gasteiger partial charge in [-0.15, -0.1) is 23.2 Å². The van der Waals surface area contributed by atoms with E-state index in [1.165, 1.54) is 0 Å². The van der Waals surface area contributed by atoms with E-state index in [-0.39, 0.29) is 30.3 Å². The number of aliphatic hydroxyl groups is 2. The van der Waals surface area contributed by atoms with E-state index in [1.54, 1.807) is 0 Å². The van der Waals surface area contributed by atoms with Crippen LogP contribution in [0.15, 0.2) is 0 Å².